The first-order valence-electron chi connectivity index (χ1n) is 6.56. The van der Waals surface area contributed by atoms with Gasteiger partial charge in [-0.25, -0.2) is 4.99 Å². The molecule has 6 heteroatoms. The Hall–Kier alpha value is -2.34. The smallest absolute Gasteiger partial charge is 0.160 e. The summed E-state index contributed by atoms with van der Waals surface area (Å²) in [6.07, 6.45) is 3.38. The van der Waals surface area contributed by atoms with Crippen LogP contribution < -0.4 is 10.6 Å². The average molecular weight is 271 g/mol. The first-order chi connectivity index (χ1) is 9.76. The number of aryl methyl sites for hydroxylation is 1. The second-order valence-corrected chi connectivity index (χ2v) is 4.76. The van der Waals surface area contributed by atoms with Crippen molar-refractivity contribution in [2.45, 2.75) is 19.6 Å². The van der Waals surface area contributed by atoms with E-state index in [9.17, 15) is 0 Å². The predicted octanol–water partition coefficient (Wildman–Crippen LogP) is 1.75. The minimum atomic E-state index is -0.165. The first-order valence-corrected chi connectivity index (χ1v) is 6.56. The second kappa shape index (κ2) is 5.34. The molecule has 2 aromatic rings. The molecule has 1 unspecified atom stereocenters. The molecule has 6 nitrogen and oxygen atoms in total. The lowest BCUT2D eigenvalue weighted by atomic mass is 10.2. The summed E-state index contributed by atoms with van der Waals surface area (Å²) in [7, 11) is 0. The third-order valence-corrected chi connectivity index (χ3v) is 3.19. The van der Waals surface area contributed by atoms with E-state index >= 15 is 0 Å². The van der Waals surface area contributed by atoms with Gasteiger partial charge in [0.25, 0.3) is 0 Å². The van der Waals surface area contributed by atoms with Gasteiger partial charge in [0.2, 0.25) is 0 Å². The Kier molecular flexibility index (Phi) is 3.39. The van der Waals surface area contributed by atoms with E-state index in [-0.39, 0.29) is 12.8 Å². The van der Waals surface area contributed by atoms with E-state index in [0.717, 1.165) is 17.1 Å². The highest BCUT2D eigenvalue weighted by Crippen LogP contribution is 2.28. The van der Waals surface area contributed by atoms with E-state index in [1.165, 1.54) is 5.56 Å². The number of aliphatic hydroxyl groups is 1. The van der Waals surface area contributed by atoms with E-state index < -0.39 is 0 Å². The summed E-state index contributed by atoms with van der Waals surface area (Å²) in [5.74, 6) is 0.776. The number of hydrogen-bond donors (Lipinski definition) is 3. The summed E-state index contributed by atoms with van der Waals surface area (Å²) in [5.41, 5.74) is 3.21. The molecule has 0 saturated carbocycles. The molecule has 1 atom stereocenters. The fraction of sp³-hybridized carbons (Fsp3) is 0.286. The first kappa shape index (κ1) is 12.7. The van der Waals surface area contributed by atoms with Gasteiger partial charge in [0.1, 0.15) is 0 Å². The summed E-state index contributed by atoms with van der Waals surface area (Å²) >= 11 is 0. The zero-order valence-corrected chi connectivity index (χ0v) is 11.2. The number of benzene rings is 1. The molecule has 0 amide bonds. The molecule has 0 aliphatic carbocycles. The van der Waals surface area contributed by atoms with Crippen molar-refractivity contribution < 1.29 is 5.11 Å². The highest BCUT2D eigenvalue weighted by Gasteiger charge is 2.20. The Morgan fingerprint density at radius 1 is 1.35 bits per heavy atom. The van der Waals surface area contributed by atoms with Crippen LogP contribution in [0.3, 0.4) is 0 Å². The van der Waals surface area contributed by atoms with Gasteiger partial charge in [-0.3, -0.25) is 4.68 Å². The Labute approximate surface area is 117 Å². The van der Waals surface area contributed by atoms with Gasteiger partial charge in [-0.2, -0.15) is 5.10 Å². The van der Waals surface area contributed by atoms with Crippen LogP contribution in [-0.2, 0) is 6.54 Å². The van der Waals surface area contributed by atoms with E-state index in [1.54, 1.807) is 11.0 Å². The van der Waals surface area contributed by atoms with Crippen molar-refractivity contribution in [2.75, 3.05) is 17.2 Å². The van der Waals surface area contributed by atoms with Crippen molar-refractivity contribution in [3.63, 3.8) is 0 Å². The number of nitrogens with one attached hydrogen (secondary N) is 2. The molecule has 1 aliphatic heterocycles. The lowest BCUT2D eigenvalue weighted by Gasteiger charge is -2.19. The lowest BCUT2D eigenvalue weighted by Crippen LogP contribution is -2.15. The SMILES string of the molecule is Cc1ccc(NC2N=CNc3nn(CCO)cc32)cc1. The maximum atomic E-state index is 8.98. The average Bonchev–Trinajstić information content (AvgIpc) is 2.85. The topological polar surface area (TPSA) is 74.5 Å². The van der Waals surface area contributed by atoms with Gasteiger partial charge in [-0.15, -0.1) is 0 Å². The van der Waals surface area contributed by atoms with Gasteiger partial charge in [-0.05, 0) is 19.1 Å². The summed E-state index contributed by atoms with van der Waals surface area (Å²) in [6.45, 7) is 2.60. The maximum absolute atomic E-state index is 8.98. The second-order valence-electron chi connectivity index (χ2n) is 4.76. The van der Waals surface area contributed by atoms with Crippen molar-refractivity contribution >= 4 is 17.8 Å². The van der Waals surface area contributed by atoms with Crippen molar-refractivity contribution in [3.8, 4) is 0 Å². The number of fused-ring (bicyclic) bond motifs is 1. The maximum Gasteiger partial charge on any atom is 0.160 e. The van der Waals surface area contributed by atoms with Gasteiger partial charge in [-0.1, -0.05) is 17.7 Å². The standard InChI is InChI=1S/C14H17N5O/c1-10-2-4-11(5-3-10)17-13-12-8-19(6-7-20)18-14(12)16-9-15-13/h2-5,8-9,13,17,20H,6-7H2,1H3,(H,15,16,18). The number of aliphatic hydroxyl groups excluding tert-OH is 1. The van der Waals surface area contributed by atoms with Gasteiger partial charge in [0, 0.05) is 11.9 Å². The van der Waals surface area contributed by atoms with Crippen LogP contribution in [-0.4, -0.2) is 27.8 Å². The molecule has 0 spiro atoms. The van der Waals surface area contributed by atoms with Crippen LogP contribution in [0.4, 0.5) is 11.5 Å². The Morgan fingerprint density at radius 3 is 2.90 bits per heavy atom. The van der Waals surface area contributed by atoms with Gasteiger partial charge in [0.05, 0.1) is 25.1 Å². The van der Waals surface area contributed by atoms with Crippen molar-refractivity contribution in [1.82, 2.24) is 9.78 Å². The predicted molar refractivity (Wildman–Crippen MR) is 79.0 cm³/mol. The van der Waals surface area contributed by atoms with Crippen LogP contribution in [0, 0.1) is 6.92 Å². The van der Waals surface area contributed by atoms with Crippen molar-refractivity contribution in [2.24, 2.45) is 4.99 Å². The Balaban J connectivity index is 1.82. The molecular weight excluding hydrogens is 254 g/mol. The molecule has 1 aromatic heterocycles. The zero-order chi connectivity index (χ0) is 13.9. The molecule has 0 fully saturated rings. The molecule has 2 heterocycles. The molecule has 104 valence electrons. The Morgan fingerprint density at radius 2 is 2.15 bits per heavy atom. The van der Waals surface area contributed by atoms with Gasteiger partial charge >= 0.3 is 0 Å². The monoisotopic (exact) mass is 271 g/mol. The molecule has 20 heavy (non-hydrogen) atoms. The van der Waals surface area contributed by atoms with E-state index in [1.807, 2.05) is 18.3 Å². The zero-order valence-electron chi connectivity index (χ0n) is 11.2. The molecule has 1 aliphatic rings. The fourth-order valence-electron chi connectivity index (χ4n) is 2.14. The van der Waals surface area contributed by atoms with Crippen LogP contribution in [0.5, 0.6) is 0 Å². The highest BCUT2D eigenvalue weighted by molar-refractivity contribution is 5.78. The van der Waals surface area contributed by atoms with Crippen LogP contribution in [0.1, 0.15) is 17.3 Å². The number of hydrogen-bond acceptors (Lipinski definition) is 5. The minimum Gasteiger partial charge on any atom is -0.394 e. The van der Waals surface area contributed by atoms with Crippen molar-refractivity contribution in [1.29, 1.82) is 0 Å². The lowest BCUT2D eigenvalue weighted by molar-refractivity contribution is 0.269. The van der Waals surface area contributed by atoms with Gasteiger partial charge < -0.3 is 15.7 Å². The van der Waals surface area contributed by atoms with Gasteiger partial charge in [0.15, 0.2) is 12.0 Å². The van der Waals surface area contributed by atoms with Crippen LogP contribution in [0.25, 0.3) is 0 Å². The molecule has 1 aromatic carbocycles. The van der Waals surface area contributed by atoms with Crippen LogP contribution >= 0.6 is 0 Å². The molecular formula is C14H17N5O. The normalized spacial score (nSPS) is 16.6. The third-order valence-electron chi connectivity index (χ3n) is 3.19. The molecule has 0 bridgehead atoms. The Bertz CT molecular complexity index is 617. The molecule has 3 rings (SSSR count). The van der Waals surface area contributed by atoms with E-state index in [2.05, 4.69) is 39.8 Å². The number of anilines is 2. The highest BCUT2D eigenvalue weighted by atomic mass is 16.3. The number of nitrogens with zero attached hydrogens (tertiary/aromatic N) is 3. The molecule has 0 radical (unpaired) electrons. The third kappa shape index (κ3) is 2.50. The summed E-state index contributed by atoms with van der Waals surface area (Å²) in [6, 6.07) is 8.18. The molecule has 0 saturated heterocycles. The summed E-state index contributed by atoms with van der Waals surface area (Å²) < 4.78 is 1.72. The van der Waals surface area contributed by atoms with E-state index in [0.29, 0.717) is 6.54 Å². The quantitative estimate of drug-likeness (QED) is 0.792. The van der Waals surface area contributed by atoms with Crippen LogP contribution in [0.2, 0.25) is 0 Å². The molecule has 3 N–H and O–H groups in total. The fourth-order valence-corrected chi connectivity index (χ4v) is 2.14. The van der Waals surface area contributed by atoms with E-state index in [4.69, 9.17) is 5.11 Å². The van der Waals surface area contributed by atoms with Crippen LogP contribution in [0.15, 0.2) is 35.5 Å². The summed E-state index contributed by atoms with van der Waals surface area (Å²) in [5, 5.41) is 19.7. The number of rotatable bonds is 4. The van der Waals surface area contributed by atoms with Crippen molar-refractivity contribution in [3.05, 3.63) is 41.6 Å². The largest absolute Gasteiger partial charge is 0.394 e. The minimum absolute atomic E-state index is 0.0669. The number of aliphatic imine (C=N–C) groups is 1. The summed E-state index contributed by atoms with van der Waals surface area (Å²) in [4.78, 5) is 4.40. The number of aromatic nitrogens is 2.